The molecule has 12 nitrogen and oxygen atoms in total. The molecule has 3 rings (SSSR count). The maximum atomic E-state index is 14.3. The van der Waals surface area contributed by atoms with Crippen molar-refractivity contribution in [2.75, 3.05) is 25.1 Å². The van der Waals surface area contributed by atoms with E-state index in [1.807, 2.05) is 34.6 Å². The number of nitrogens with one attached hydrogen (secondary N) is 4. The molecule has 0 aromatic heterocycles. The second kappa shape index (κ2) is 14.3. The van der Waals surface area contributed by atoms with Crippen LogP contribution in [-0.2, 0) is 29.0 Å². The number of fused-ring (bicyclic) bond motifs is 1. The molecule has 5 atom stereocenters. The molecule has 5 amide bonds. The lowest BCUT2D eigenvalue weighted by Crippen LogP contribution is -2.63. The molecule has 1 heterocycles. The summed E-state index contributed by atoms with van der Waals surface area (Å²) in [4.78, 5) is 68.7. The maximum absolute atomic E-state index is 14.3. The Morgan fingerprint density at radius 1 is 1.04 bits per heavy atom. The van der Waals surface area contributed by atoms with Gasteiger partial charge in [0, 0.05) is 19.3 Å². The molecule has 0 aromatic carbocycles. The number of likely N-dealkylation sites (tertiary alicyclic amines) is 1. The summed E-state index contributed by atoms with van der Waals surface area (Å²) in [6.07, 6.45) is 9.67. The van der Waals surface area contributed by atoms with Crippen molar-refractivity contribution < 1.29 is 32.4 Å². The van der Waals surface area contributed by atoms with Crippen LogP contribution in [0.25, 0.3) is 0 Å². The summed E-state index contributed by atoms with van der Waals surface area (Å²) >= 11 is 0. The highest BCUT2D eigenvalue weighted by molar-refractivity contribution is 7.90. The molecule has 46 heavy (non-hydrogen) atoms. The smallest absolute Gasteiger partial charge is 0.315 e. The summed E-state index contributed by atoms with van der Waals surface area (Å²) < 4.78 is 24.6. The van der Waals surface area contributed by atoms with Crippen LogP contribution < -0.4 is 21.3 Å². The van der Waals surface area contributed by atoms with Gasteiger partial charge >= 0.3 is 6.03 Å². The molecule has 2 saturated carbocycles. The number of ketones is 1. The fraction of sp³-hybridized carbons (Fsp3) is 0.727. The first-order chi connectivity index (χ1) is 21.3. The van der Waals surface area contributed by atoms with Gasteiger partial charge in [-0.2, -0.15) is 0 Å². The fourth-order valence-electron chi connectivity index (χ4n) is 7.24. The number of hydrogen-bond donors (Lipinski definition) is 4. The van der Waals surface area contributed by atoms with E-state index in [-0.39, 0.29) is 36.0 Å². The number of rotatable bonds is 13. The first-order valence-electron chi connectivity index (χ1n) is 16.2. The van der Waals surface area contributed by atoms with Gasteiger partial charge in [0.25, 0.3) is 5.91 Å². The number of piperidine rings is 1. The van der Waals surface area contributed by atoms with Crippen molar-refractivity contribution in [2.24, 2.45) is 22.7 Å². The molecule has 1 aliphatic heterocycles. The van der Waals surface area contributed by atoms with Crippen LogP contribution in [0.3, 0.4) is 0 Å². The Hall–Kier alpha value is -3.22. The first kappa shape index (κ1) is 37.2. The number of nitrogens with zero attached hydrogens (tertiary/aromatic N) is 1. The number of carbonyl (C=O) groups is 5. The molecule has 258 valence electrons. The second-order valence-electron chi connectivity index (χ2n) is 14.9. The van der Waals surface area contributed by atoms with Crippen LogP contribution in [0.1, 0.15) is 80.1 Å². The lowest BCUT2D eigenvalue weighted by molar-refractivity contribution is -0.145. The zero-order valence-corrected chi connectivity index (χ0v) is 29.2. The molecule has 1 saturated heterocycles. The lowest BCUT2D eigenvalue weighted by Gasteiger charge is -2.40. The van der Waals surface area contributed by atoms with Gasteiger partial charge in [0.2, 0.25) is 17.6 Å². The van der Waals surface area contributed by atoms with E-state index in [0.717, 1.165) is 25.5 Å². The van der Waals surface area contributed by atoms with Gasteiger partial charge in [-0.3, -0.25) is 19.2 Å². The van der Waals surface area contributed by atoms with E-state index in [0.29, 0.717) is 19.4 Å². The number of carbonyl (C=O) groups excluding carboxylic acids is 5. The normalized spacial score (nSPS) is 24.7. The first-order valence-corrected chi connectivity index (χ1v) is 18.3. The lowest BCUT2D eigenvalue weighted by atomic mass is 9.83. The molecule has 3 unspecified atom stereocenters. The third-order valence-corrected chi connectivity index (χ3v) is 10.8. The van der Waals surface area contributed by atoms with Crippen molar-refractivity contribution >= 4 is 39.4 Å². The van der Waals surface area contributed by atoms with Crippen LogP contribution in [0.5, 0.6) is 0 Å². The van der Waals surface area contributed by atoms with Crippen LogP contribution >= 0.6 is 0 Å². The van der Waals surface area contributed by atoms with Gasteiger partial charge in [-0.05, 0) is 48.9 Å². The average molecular weight is 664 g/mol. The monoisotopic (exact) mass is 663 g/mol. The number of Topliss-reactive ketones (excluding diaryl/α,β-unsaturated/α-hetero) is 1. The van der Waals surface area contributed by atoms with Crippen LogP contribution in [0.2, 0.25) is 0 Å². The number of amides is 5. The minimum absolute atomic E-state index is 0.0440. The predicted molar refractivity (Wildman–Crippen MR) is 176 cm³/mol. The molecule has 3 aliphatic rings. The average Bonchev–Trinajstić information content (AvgIpc) is 3.26. The van der Waals surface area contributed by atoms with E-state index in [1.54, 1.807) is 19.1 Å². The molecular formula is C33H53N5O7S. The molecule has 0 radical (unpaired) electrons. The highest BCUT2D eigenvalue weighted by atomic mass is 32.2. The Morgan fingerprint density at radius 2 is 1.67 bits per heavy atom. The zero-order chi connectivity index (χ0) is 34.7. The molecule has 4 N–H and O–H groups in total. The summed E-state index contributed by atoms with van der Waals surface area (Å²) in [7, 11) is -3.40. The molecule has 0 spiro atoms. The standard InChI is InChI=1S/C33H53N5O7S/c1-9-11-15-22(25(39)28(41)34-18-10-2)35-27(40)24-23-21(32(23,6)7)19-38(24)29(42)26(31(3,4)5)36-30(43)37-33(20-46(8,44)45)16-13-12-14-17-33/h9-11,21-24,26H,2,12-20H2,1,3-8H3,(H,34,41)(H,35,40)(H2,36,37,43)/b11-9+/t21?,22?,23?,24-,26+/m0/s1. The Balaban J connectivity index is 1.85. The van der Waals surface area contributed by atoms with E-state index < -0.39 is 68.5 Å². The van der Waals surface area contributed by atoms with Crippen molar-refractivity contribution in [3.8, 4) is 0 Å². The van der Waals surface area contributed by atoms with E-state index in [4.69, 9.17) is 0 Å². The van der Waals surface area contributed by atoms with Crippen molar-refractivity contribution in [3.63, 3.8) is 0 Å². The van der Waals surface area contributed by atoms with Crippen LogP contribution in [0, 0.1) is 22.7 Å². The highest BCUT2D eigenvalue weighted by Crippen LogP contribution is 2.65. The van der Waals surface area contributed by atoms with Gasteiger partial charge < -0.3 is 26.2 Å². The molecule has 0 aromatic rings. The molecule has 2 aliphatic carbocycles. The van der Waals surface area contributed by atoms with Gasteiger partial charge in [-0.1, -0.05) is 72.1 Å². The molecule has 13 heteroatoms. The number of allylic oxidation sites excluding steroid dienone is 1. The van der Waals surface area contributed by atoms with Crippen molar-refractivity contribution in [3.05, 3.63) is 24.8 Å². The quantitative estimate of drug-likeness (QED) is 0.173. The third-order valence-electron chi connectivity index (χ3n) is 9.75. The summed E-state index contributed by atoms with van der Waals surface area (Å²) in [6, 6.07) is -3.70. The van der Waals surface area contributed by atoms with Crippen LogP contribution in [-0.4, -0.2) is 91.6 Å². The second-order valence-corrected chi connectivity index (χ2v) is 17.1. The largest absolute Gasteiger partial charge is 0.346 e. The molecular weight excluding hydrogens is 610 g/mol. The van der Waals surface area contributed by atoms with Crippen molar-refractivity contribution in [1.29, 1.82) is 0 Å². The van der Waals surface area contributed by atoms with Gasteiger partial charge in [-0.15, -0.1) is 6.58 Å². The van der Waals surface area contributed by atoms with Gasteiger partial charge in [0.1, 0.15) is 28.0 Å². The van der Waals surface area contributed by atoms with E-state index in [9.17, 15) is 32.4 Å². The van der Waals surface area contributed by atoms with Gasteiger partial charge in [0.15, 0.2) is 0 Å². The summed E-state index contributed by atoms with van der Waals surface area (Å²) in [6.45, 7) is 15.2. The summed E-state index contributed by atoms with van der Waals surface area (Å²) in [5.41, 5.74) is -1.90. The topological polar surface area (TPSA) is 171 Å². The van der Waals surface area contributed by atoms with E-state index >= 15 is 0 Å². The minimum Gasteiger partial charge on any atom is -0.346 e. The maximum Gasteiger partial charge on any atom is 0.315 e. The number of hydrogen-bond acceptors (Lipinski definition) is 7. The van der Waals surface area contributed by atoms with Gasteiger partial charge in [0.05, 0.1) is 11.3 Å². The van der Waals surface area contributed by atoms with Crippen LogP contribution in [0.15, 0.2) is 24.8 Å². The number of urea groups is 1. The fourth-order valence-corrected chi connectivity index (χ4v) is 8.61. The van der Waals surface area contributed by atoms with Crippen LogP contribution in [0.4, 0.5) is 4.79 Å². The molecule has 3 fully saturated rings. The van der Waals surface area contributed by atoms with E-state index in [2.05, 4.69) is 27.8 Å². The Labute approximate surface area is 273 Å². The SMILES string of the molecule is C=CCNC(=O)C(=O)C(C/C=C/C)NC(=O)[C@@H]1C2C(CN1C(=O)[C@@H](NC(=O)NC1(CS(C)(=O)=O)CCCCC1)C(C)(C)C)C2(C)C. The third kappa shape index (κ3) is 8.77. The minimum atomic E-state index is -3.40. The van der Waals surface area contributed by atoms with Crippen molar-refractivity contribution in [2.45, 2.75) is 104 Å². The number of sulfone groups is 1. The zero-order valence-electron chi connectivity index (χ0n) is 28.4. The summed E-state index contributed by atoms with van der Waals surface area (Å²) in [5.74, 6) is -2.92. The summed E-state index contributed by atoms with van der Waals surface area (Å²) in [5, 5.41) is 11.0. The van der Waals surface area contributed by atoms with Crippen molar-refractivity contribution in [1.82, 2.24) is 26.2 Å². The Morgan fingerprint density at radius 3 is 2.22 bits per heavy atom. The molecule has 0 bridgehead atoms. The van der Waals surface area contributed by atoms with E-state index in [1.165, 1.54) is 11.0 Å². The Kier molecular flexibility index (Phi) is 11.6. The predicted octanol–water partition coefficient (Wildman–Crippen LogP) is 2.25. The Bertz CT molecular complexity index is 1340. The van der Waals surface area contributed by atoms with Gasteiger partial charge in [-0.25, -0.2) is 13.2 Å². The highest BCUT2D eigenvalue weighted by Gasteiger charge is 2.70.